The Hall–Kier alpha value is -1.40. The summed E-state index contributed by atoms with van der Waals surface area (Å²) >= 11 is 0. The summed E-state index contributed by atoms with van der Waals surface area (Å²) in [6.07, 6.45) is 1.19. The first kappa shape index (κ1) is 12.7. The van der Waals surface area contributed by atoms with Crippen LogP contribution in [0.2, 0.25) is 0 Å². The Morgan fingerprint density at radius 3 is 2.50 bits per heavy atom. The predicted molar refractivity (Wildman–Crippen MR) is 58.8 cm³/mol. The number of carbonyl (C=O) groups is 1. The Balaban J connectivity index is 3.54. The number of aryl methyl sites for hydroxylation is 1. The zero-order valence-electron chi connectivity index (χ0n) is 8.80. The van der Waals surface area contributed by atoms with E-state index in [9.17, 15) is 13.2 Å². The highest BCUT2D eigenvalue weighted by atomic mass is 32.2. The van der Waals surface area contributed by atoms with Crippen LogP contribution < -0.4 is 5.14 Å². The molecule has 1 rings (SSSR count). The van der Waals surface area contributed by atoms with Crippen LogP contribution in [0.5, 0.6) is 0 Å². The lowest BCUT2D eigenvalue weighted by Gasteiger charge is -2.09. The normalized spacial score (nSPS) is 11.4. The second kappa shape index (κ2) is 4.63. The van der Waals surface area contributed by atoms with Gasteiger partial charge in [-0.05, 0) is 18.1 Å². The predicted octanol–water partition coefficient (Wildman–Crippen LogP) is 0.985. The summed E-state index contributed by atoms with van der Waals surface area (Å²) in [7, 11) is -4.01. The van der Waals surface area contributed by atoms with Crippen molar-refractivity contribution >= 4 is 16.0 Å². The lowest BCUT2D eigenvalue weighted by molar-refractivity contribution is 0.0692. The van der Waals surface area contributed by atoms with E-state index in [1.165, 1.54) is 12.1 Å². The standard InChI is InChI=1S/C10H13NO4S/c1-2-4-7-5-3-6-8(10(12)13)9(7)16(11,14)15/h3,5-6H,2,4H2,1H3,(H,12,13)(H2,11,14,15). The number of carboxylic acid groups (broad SMARTS) is 1. The maximum absolute atomic E-state index is 11.4. The highest BCUT2D eigenvalue weighted by Gasteiger charge is 2.22. The fourth-order valence-corrected chi connectivity index (χ4v) is 2.55. The monoisotopic (exact) mass is 243 g/mol. The zero-order valence-corrected chi connectivity index (χ0v) is 9.62. The van der Waals surface area contributed by atoms with E-state index in [1.54, 1.807) is 6.07 Å². The summed E-state index contributed by atoms with van der Waals surface area (Å²) < 4.78 is 22.7. The van der Waals surface area contributed by atoms with Gasteiger partial charge >= 0.3 is 5.97 Å². The van der Waals surface area contributed by atoms with Crippen molar-refractivity contribution in [3.63, 3.8) is 0 Å². The molecule has 0 radical (unpaired) electrons. The van der Waals surface area contributed by atoms with Crippen LogP contribution in [0.25, 0.3) is 0 Å². The van der Waals surface area contributed by atoms with Crippen molar-refractivity contribution in [2.75, 3.05) is 0 Å². The minimum Gasteiger partial charge on any atom is -0.478 e. The molecule has 0 aliphatic carbocycles. The number of rotatable bonds is 4. The molecule has 0 amide bonds. The molecule has 0 unspecified atom stereocenters. The lowest BCUT2D eigenvalue weighted by atomic mass is 10.1. The number of hydrogen-bond donors (Lipinski definition) is 2. The molecule has 0 aliphatic heterocycles. The van der Waals surface area contributed by atoms with Crippen molar-refractivity contribution in [1.29, 1.82) is 0 Å². The van der Waals surface area contributed by atoms with Gasteiger partial charge in [-0.25, -0.2) is 18.4 Å². The molecule has 0 saturated carbocycles. The number of sulfonamides is 1. The van der Waals surface area contributed by atoms with Gasteiger partial charge in [0.2, 0.25) is 10.0 Å². The molecular formula is C10H13NO4S. The summed E-state index contributed by atoms with van der Waals surface area (Å²) in [4.78, 5) is 10.6. The number of aromatic carboxylic acids is 1. The van der Waals surface area contributed by atoms with Crippen molar-refractivity contribution in [2.45, 2.75) is 24.7 Å². The molecule has 16 heavy (non-hydrogen) atoms. The van der Waals surface area contributed by atoms with E-state index in [-0.39, 0.29) is 10.5 Å². The Kier molecular flexibility index (Phi) is 3.66. The van der Waals surface area contributed by atoms with E-state index in [0.29, 0.717) is 18.4 Å². The van der Waals surface area contributed by atoms with Crippen molar-refractivity contribution in [2.24, 2.45) is 5.14 Å². The van der Waals surface area contributed by atoms with Gasteiger partial charge in [-0.15, -0.1) is 0 Å². The first-order valence-corrected chi connectivity index (χ1v) is 6.30. The molecule has 88 valence electrons. The third-order valence-electron chi connectivity index (χ3n) is 2.13. The van der Waals surface area contributed by atoms with Crippen molar-refractivity contribution in [1.82, 2.24) is 0 Å². The minimum absolute atomic E-state index is 0.270. The van der Waals surface area contributed by atoms with E-state index >= 15 is 0 Å². The molecule has 0 saturated heterocycles. The third kappa shape index (κ3) is 2.59. The van der Waals surface area contributed by atoms with E-state index in [1.807, 2.05) is 6.92 Å². The summed E-state index contributed by atoms with van der Waals surface area (Å²) in [5.41, 5.74) is 0.179. The van der Waals surface area contributed by atoms with Crippen LogP contribution in [0.4, 0.5) is 0 Å². The van der Waals surface area contributed by atoms with E-state index < -0.39 is 16.0 Å². The highest BCUT2D eigenvalue weighted by molar-refractivity contribution is 7.89. The first-order valence-electron chi connectivity index (χ1n) is 4.76. The molecule has 0 atom stereocenters. The van der Waals surface area contributed by atoms with E-state index in [2.05, 4.69) is 0 Å². The molecule has 0 aromatic heterocycles. The van der Waals surface area contributed by atoms with E-state index in [0.717, 1.165) is 0 Å². The molecular weight excluding hydrogens is 230 g/mol. The minimum atomic E-state index is -4.01. The molecule has 0 aliphatic rings. The average Bonchev–Trinajstić information content (AvgIpc) is 2.16. The summed E-state index contributed by atoms with van der Waals surface area (Å²) in [5, 5.41) is 13.9. The van der Waals surface area contributed by atoms with Gasteiger partial charge in [-0.3, -0.25) is 0 Å². The smallest absolute Gasteiger partial charge is 0.337 e. The van der Waals surface area contributed by atoms with Gasteiger partial charge in [-0.1, -0.05) is 25.5 Å². The van der Waals surface area contributed by atoms with Crippen LogP contribution in [-0.4, -0.2) is 19.5 Å². The second-order valence-electron chi connectivity index (χ2n) is 3.39. The summed E-state index contributed by atoms with van der Waals surface area (Å²) in [6, 6.07) is 4.33. The Bertz CT molecular complexity index is 508. The maximum atomic E-state index is 11.4. The zero-order chi connectivity index (χ0) is 12.3. The molecule has 3 N–H and O–H groups in total. The SMILES string of the molecule is CCCc1cccc(C(=O)O)c1S(N)(=O)=O. The quantitative estimate of drug-likeness (QED) is 0.823. The summed E-state index contributed by atoms with van der Waals surface area (Å²) in [5.74, 6) is -1.29. The van der Waals surface area contributed by atoms with Gasteiger partial charge < -0.3 is 5.11 Å². The summed E-state index contributed by atoms with van der Waals surface area (Å²) in [6.45, 7) is 1.88. The fraction of sp³-hybridized carbons (Fsp3) is 0.300. The largest absolute Gasteiger partial charge is 0.478 e. The molecule has 0 fully saturated rings. The van der Waals surface area contributed by atoms with Gasteiger partial charge in [0.15, 0.2) is 0 Å². The van der Waals surface area contributed by atoms with Gasteiger partial charge in [0.1, 0.15) is 0 Å². The Labute approximate surface area is 93.9 Å². The number of benzene rings is 1. The van der Waals surface area contributed by atoms with Crippen molar-refractivity contribution in [3.05, 3.63) is 29.3 Å². The van der Waals surface area contributed by atoms with Crippen LogP contribution in [-0.2, 0) is 16.4 Å². The van der Waals surface area contributed by atoms with Gasteiger partial charge in [0.25, 0.3) is 0 Å². The molecule has 0 bridgehead atoms. The molecule has 1 aromatic rings. The lowest BCUT2D eigenvalue weighted by Crippen LogP contribution is -2.19. The van der Waals surface area contributed by atoms with Crippen LogP contribution in [0.15, 0.2) is 23.1 Å². The number of hydrogen-bond acceptors (Lipinski definition) is 3. The number of primary sulfonamides is 1. The van der Waals surface area contributed by atoms with E-state index in [4.69, 9.17) is 10.2 Å². The van der Waals surface area contributed by atoms with Gasteiger partial charge in [0, 0.05) is 0 Å². The van der Waals surface area contributed by atoms with Gasteiger partial charge in [-0.2, -0.15) is 0 Å². The van der Waals surface area contributed by atoms with Crippen LogP contribution in [0.1, 0.15) is 29.3 Å². The molecule has 1 aromatic carbocycles. The Morgan fingerprint density at radius 1 is 1.44 bits per heavy atom. The molecule has 6 heteroatoms. The topological polar surface area (TPSA) is 97.5 Å². The first-order chi connectivity index (χ1) is 7.38. The third-order valence-corrected chi connectivity index (χ3v) is 3.18. The van der Waals surface area contributed by atoms with Crippen LogP contribution >= 0.6 is 0 Å². The van der Waals surface area contributed by atoms with Crippen LogP contribution in [0.3, 0.4) is 0 Å². The second-order valence-corrected chi connectivity index (χ2v) is 4.89. The highest BCUT2D eigenvalue weighted by Crippen LogP contribution is 2.21. The van der Waals surface area contributed by atoms with Crippen molar-refractivity contribution < 1.29 is 18.3 Å². The molecule has 0 spiro atoms. The van der Waals surface area contributed by atoms with Gasteiger partial charge in [0.05, 0.1) is 10.5 Å². The average molecular weight is 243 g/mol. The Morgan fingerprint density at radius 2 is 2.06 bits per heavy atom. The molecule has 5 nitrogen and oxygen atoms in total. The van der Waals surface area contributed by atoms with Crippen molar-refractivity contribution in [3.8, 4) is 0 Å². The fourth-order valence-electron chi connectivity index (χ4n) is 1.56. The maximum Gasteiger partial charge on any atom is 0.337 e. The van der Waals surface area contributed by atoms with Crippen LogP contribution in [0, 0.1) is 0 Å². The number of carboxylic acids is 1. The number of nitrogens with two attached hydrogens (primary N) is 1. The molecule has 0 heterocycles.